The van der Waals surface area contributed by atoms with Gasteiger partial charge in [-0.05, 0) is 17.7 Å². The Kier molecular flexibility index (Phi) is 3.32. The molecule has 98 valence electrons. The standard InChI is InChI=1S/C12H13F2NO3/c13-8-2-1-7(3-9(8)14)12(5-18-6-12)10(15)4-11(16)17/h1-3,10H,4-6,15H2,(H,16,17). The van der Waals surface area contributed by atoms with E-state index in [2.05, 4.69) is 0 Å². The van der Waals surface area contributed by atoms with Crippen molar-refractivity contribution in [2.75, 3.05) is 13.2 Å². The summed E-state index contributed by atoms with van der Waals surface area (Å²) in [6.07, 6.45) is -0.248. The quantitative estimate of drug-likeness (QED) is 0.845. The van der Waals surface area contributed by atoms with E-state index in [1.807, 2.05) is 0 Å². The first-order chi connectivity index (χ1) is 8.45. The van der Waals surface area contributed by atoms with Gasteiger partial charge in [-0.1, -0.05) is 6.07 Å². The van der Waals surface area contributed by atoms with E-state index in [1.54, 1.807) is 0 Å². The first kappa shape index (κ1) is 12.9. The molecule has 1 aliphatic rings. The molecule has 1 aliphatic heterocycles. The van der Waals surface area contributed by atoms with Gasteiger partial charge in [-0.25, -0.2) is 8.78 Å². The average Bonchev–Trinajstić information content (AvgIpc) is 2.20. The topological polar surface area (TPSA) is 72.6 Å². The van der Waals surface area contributed by atoms with E-state index >= 15 is 0 Å². The SMILES string of the molecule is NC(CC(=O)O)C1(c2ccc(F)c(F)c2)COC1. The van der Waals surface area contributed by atoms with Crippen LogP contribution in [0.2, 0.25) is 0 Å². The maximum atomic E-state index is 13.2. The van der Waals surface area contributed by atoms with Gasteiger partial charge in [-0.3, -0.25) is 4.79 Å². The van der Waals surface area contributed by atoms with Crippen molar-refractivity contribution in [3.8, 4) is 0 Å². The van der Waals surface area contributed by atoms with Crippen LogP contribution in [0.25, 0.3) is 0 Å². The zero-order valence-electron chi connectivity index (χ0n) is 9.53. The van der Waals surface area contributed by atoms with Crippen molar-refractivity contribution in [3.63, 3.8) is 0 Å². The highest BCUT2D eigenvalue weighted by Crippen LogP contribution is 2.36. The first-order valence-corrected chi connectivity index (χ1v) is 5.46. The van der Waals surface area contributed by atoms with Crippen molar-refractivity contribution in [1.29, 1.82) is 0 Å². The molecule has 1 aromatic rings. The molecule has 0 saturated carbocycles. The van der Waals surface area contributed by atoms with Crippen LogP contribution in [0, 0.1) is 11.6 Å². The molecule has 0 aliphatic carbocycles. The molecule has 0 amide bonds. The summed E-state index contributed by atoms with van der Waals surface area (Å²) in [5.41, 5.74) is 5.59. The van der Waals surface area contributed by atoms with Gasteiger partial charge in [0, 0.05) is 6.04 Å². The van der Waals surface area contributed by atoms with Gasteiger partial charge in [0.25, 0.3) is 0 Å². The predicted octanol–water partition coefficient (Wildman–Crippen LogP) is 1.03. The number of benzene rings is 1. The van der Waals surface area contributed by atoms with E-state index in [0.717, 1.165) is 12.1 Å². The van der Waals surface area contributed by atoms with Crippen molar-refractivity contribution in [2.45, 2.75) is 17.9 Å². The van der Waals surface area contributed by atoms with Crippen molar-refractivity contribution in [1.82, 2.24) is 0 Å². The van der Waals surface area contributed by atoms with Crippen molar-refractivity contribution >= 4 is 5.97 Å². The molecule has 1 saturated heterocycles. The molecule has 2 rings (SSSR count). The van der Waals surface area contributed by atoms with Gasteiger partial charge in [-0.15, -0.1) is 0 Å². The molecule has 1 fully saturated rings. The van der Waals surface area contributed by atoms with E-state index in [4.69, 9.17) is 15.6 Å². The number of carbonyl (C=O) groups is 1. The van der Waals surface area contributed by atoms with Gasteiger partial charge in [0.1, 0.15) is 0 Å². The fraction of sp³-hybridized carbons (Fsp3) is 0.417. The van der Waals surface area contributed by atoms with Crippen molar-refractivity contribution in [3.05, 3.63) is 35.4 Å². The summed E-state index contributed by atoms with van der Waals surface area (Å²) in [7, 11) is 0. The zero-order valence-corrected chi connectivity index (χ0v) is 9.53. The van der Waals surface area contributed by atoms with E-state index < -0.39 is 29.1 Å². The van der Waals surface area contributed by atoms with Crippen molar-refractivity contribution in [2.24, 2.45) is 5.73 Å². The lowest BCUT2D eigenvalue weighted by molar-refractivity contribution is -0.140. The lowest BCUT2D eigenvalue weighted by Crippen LogP contribution is -2.59. The number of hydrogen-bond acceptors (Lipinski definition) is 3. The van der Waals surface area contributed by atoms with Crippen LogP contribution in [0.1, 0.15) is 12.0 Å². The Bertz CT molecular complexity index is 474. The Balaban J connectivity index is 2.31. The minimum atomic E-state index is -1.03. The highest BCUT2D eigenvalue weighted by Gasteiger charge is 2.46. The third kappa shape index (κ3) is 2.09. The molecule has 1 aromatic carbocycles. The number of nitrogens with two attached hydrogens (primary N) is 1. The summed E-state index contributed by atoms with van der Waals surface area (Å²) in [6.45, 7) is 0.430. The number of carboxylic acid groups (broad SMARTS) is 1. The number of rotatable bonds is 4. The van der Waals surface area contributed by atoms with Gasteiger partial charge >= 0.3 is 5.97 Å². The molecular weight excluding hydrogens is 244 g/mol. The summed E-state index contributed by atoms with van der Waals surface area (Å²) < 4.78 is 31.2. The molecule has 0 aromatic heterocycles. The molecule has 0 radical (unpaired) electrons. The second-order valence-electron chi connectivity index (χ2n) is 4.48. The van der Waals surface area contributed by atoms with Crippen LogP contribution in [0.15, 0.2) is 18.2 Å². The normalized spacial score (nSPS) is 19.1. The molecule has 0 bridgehead atoms. The summed E-state index contributed by atoms with van der Waals surface area (Å²) in [6, 6.07) is 2.79. The Morgan fingerprint density at radius 3 is 2.56 bits per heavy atom. The zero-order chi connectivity index (χ0) is 13.3. The maximum Gasteiger partial charge on any atom is 0.304 e. The van der Waals surface area contributed by atoms with Gasteiger partial charge in [-0.2, -0.15) is 0 Å². The summed E-state index contributed by atoms with van der Waals surface area (Å²) in [5.74, 6) is -2.95. The Morgan fingerprint density at radius 1 is 1.44 bits per heavy atom. The molecule has 6 heteroatoms. The number of carboxylic acids is 1. The third-order valence-corrected chi connectivity index (χ3v) is 3.32. The van der Waals surface area contributed by atoms with Crippen LogP contribution in [0.4, 0.5) is 8.78 Å². The smallest absolute Gasteiger partial charge is 0.304 e. The van der Waals surface area contributed by atoms with Crippen LogP contribution >= 0.6 is 0 Å². The molecule has 1 atom stereocenters. The van der Waals surface area contributed by atoms with Crippen LogP contribution in [-0.2, 0) is 14.9 Å². The Hall–Kier alpha value is -1.53. The minimum absolute atomic E-state index is 0.215. The van der Waals surface area contributed by atoms with Crippen molar-refractivity contribution < 1.29 is 23.4 Å². The second-order valence-corrected chi connectivity index (χ2v) is 4.48. The molecule has 18 heavy (non-hydrogen) atoms. The fourth-order valence-electron chi connectivity index (χ4n) is 2.11. The minimum Gasteiger partial charge on any atom is -0.481 e. The summed E-state index contributed by atoms with van der Waals surface area (Å²) >= 11 is 0. The van der Waals surface area contributed by atoms with Gasteiger partial charge in [0.2, 0.25) is 0 Å². The predicted molar refractivity (Wildman–Crippen MR) is 59.1 cm³/mol. The highest BCUT2D eigenvalue weighted by atomic mass is 19.2. The monoisotopic (exact) mass is 257 g/mol. The Morgan fingerprint density at radius 2 is 2.11 bits per heavy atom. The summed E-state index contributed by atoms with van der Waals surface area (Å²) in [5, 5.41) is 8.76. The van der Waals surface area contributed by atoms with Crippen LogP contribution in [0.5, 0.6) is 0 Å². The highest BCUT2D eigenvalue weighted by molar-refractivity contribution is 5.68. The van der Waals surface area contributed by atoms with Gasteiger partial charge in [0.05, 0.1) is 25.0 Å². The van der Waals surface area contributed by atoms with Gasteiger partial charge in [0.15, 0.2) is 11.6 Å². The largest absolute Gasteiger partial charge is 0.481 e. The average molecular weight is 257 g/mol. The van der Waals surface area contributed by atoms with Crippen LogP contribution < -0.4 is 5.73 Å². The molecule has 4 nitrogen and oxygen atoms in total. The summed E-state index contributed by atoms with van der Waals surface area (Å²) in [4.78, 5) is 10.7. The molecule has 1 unspecified atom stereocenters. The van der Waals surface area contributed by atoms with E-state index in [0.29, 0.717) is 5.56 Å². The van der Waals surface area contributed by atoms with E-state index in [1.165, 1.54) is 6.07 Å². The lowest BCUT2D eigenvalue weighted by Gasteiger charge is -2.45. The molecule has 3 N–H and O–H groups in total. The van der Waals surface area contributed by atoms with E-state index in [-0.39, 0.29) is 19.6 Å². The first-order valence-electron chi connectivity index (χ1n) is 5.46. The maximum absolute atomic E-state index is 13.2. The van der Waals surface area contributed by atoms with Crippen LogP contribution in [-0.4, -0.2) is 30.3 Å². The fourth-order valence-corrected chi connectivity index (χ4v) is 2.11. The number of hydrogen-bond donors (Lipinski definition) is 2. The second kappa shape index (κ2) is 4.62. The number of aliphatic carboxylic acids is 1. The number of ether oxygens (including phenoxy) is 1. The van der Waals surface area contributed by atoms with Gasteiger partial charge < -0.3 is 15.6 Å². The molecule has 0 spiro atoms. The van der Waals surface area contributed by atoms with Crippen LogP contribution in [0.3, 0.4) is 0 Å². The third-order valence-electron chi connectivity index (χ3n) is 3.32. The Labute approximate surface area is 102 Å². The molecular formula is C12H13F2NO3. The molecule has 1 heterocycles. The lowest BCUT2D eigenvalue weighted by atomic mass is 9.71. The number of halogens is 2. The van der Waals surface area contributed by atoms with E-state index in [9.17, 15) is 13.6 Å².